The van der Waals surface area contributed by atoms with E-state index in [-0.39, 0.29) is 16.8 Å². The summed E-state index contributed by atoms with van der Waals surface area (Å²) in [6.07, 6.45) is 2.53. The van der Waals surface area contributed by atoms with Gasteiger partial charge < -0.3 is 9.88 Å². The average molecular weight is 408 g/mol. The lowest BCUT2D eigenvalue weighted by molar-refractivity contribution is -0.113. The Kier molecular flexibility index (Phi) is 6.29. The molecule has 0 saturated carbocycles. The summed E-state index contributed by atoms with van der Waals surface area (Å²) in [5.74, 6) is 0.897. The van der Waals surface area contributed by atoms with Crippen LogP contribution in [0.1, 0.15) is 18.2 Å². The summed E-state index contributed by atoms with van der Waals surface area (Å²) < 4.78 is 2.07. The Balaban J connectivity index is 1.70. The Bertz CT molecular complexity index is 908. The lowest BCUT2D eigenvalue weighted by atomic mass is 10.3. The highest BCUT2D eigenvalue weighted by Crippen LogP contribution is 2.28. The van der Waals surface area contributed by atoms with E-state index in [1.807, 2.05) is 0 Å². The van der Waals surface area contributed by atoms with Crippen LogP contribution in [0.3, 0.4) is 0 Å². The van der Waals surface area contributed by atoms with Gasteiger partial charge in [0, 0.05) is 28.6 Å². The second-order valence-electron chi connectivity index (χ2n) is 5.58. The summed E-state index contributed by atoms with van der Waals surface area (Å²) in [6.45, 7) is 4.97. The number of anilines is 1. The van der Waals surface area contributed by atoms with Crippen molar-refractivity contribution in [2.45, 2.75) is 32.0 Å². The molecule has 26 heavy (non-hydrogen) atoms. The van der Waals surface area contributed by atoms with Crippen molar-refractivity contribution < 1.29 is 4.79 Å². The fourth-order valence-corrected chi connectivity index (χ4v) is 4.00. The third-order valence-corrected chi connectivity index (χ3v) is 5.65. The van der Waals surface area contributed by atoms with Crippen LogP contribution in [0, 0.1) is 6.92 Å². The van der Waals surface area contributed by atoms with Gasteiger partial charge in [0.1, 0.15) is 0 Å². The number of pyridine rings is 1. The van der Waals surface area contributed by atoms with E-state index in [2.05, 4.69) is 50.4 Å². The first-order valence-electron chi connectivity index (χ1n) is 8.10. The normalized spacial score (nSPS) is 10.9. The van der Waals surface area contributed by atoms with Gasteiger partial charge in [0.05, 0.1) is 11.4 Å². The molecule has 3 heterocycles. The molecule has 0 unspecified atom stereocenters. The Morgan fingerprint density at radius 1 is 1.42 bits per heavy atom. The van der Waals surface area contributed by atoms with Gasteiger partial charge in [0.2, 0.25) is 5.91 Å². The summed E-state index contributed by atoms with van der Waals surface area (Å²) in [7, 11) is 0. The average Bonchev–Trinajstić information content (AvgIpc) is 3.22. The second-order valence-corrected chi connectivity index (χ2v) is 8.00. The minimum Gasteiger partial charge on any atom is -0.323 e. The maximum atomic E-state index is 12.2. The summed E-state index contributed by atoms with van der Waals surface area (Å²) in [6, 6.07) is 5.54. The number of hydrogen-bond donors (Lipinski definition) is 1. The third-order valence-electron chi connectivity index (χ3n) is 3.52. The van der Waals surface area contributed by atoms with Gasteiger partial charge in [0.25, 0.3) is 0 Å². The van der Waals surface area contributed by atoms with Crippen LogP contribution >= 0.6 is 34.7 Å². The van der Waals surface area contributed by atoms with Crippen LogP contribution in [-0.4, -0.2) is 31.4 Å². The molecule has 1 amide bonds. The number of aryl methyl sites for hydroxylation is 1. The van der Waals surface area contributed by atoms with Crippen LogP contribution in [0.4, 0.5) is 5.69 Å². The zero-order chi connectivity index (χ0) is 18.5. The molecule has 0 fully saturated rings. The lowest BCUT2D eigenvalue weighted by Gasteiger charge is -2.08. The van der Waals surface area contributed by atoms with E-state index < -0.39 is 0 Å². The number of carbonyl (C=O) groups is 1. The van der Waals surface area contributed by atoms with Gasteiger partial charge >= 0.3 is 0 Å². The molecule has 136 valence electrons. The van der Waals surface area contributed by atoms with Crippen LogP contribution in [-0.2, 0) is 11.3 Å². The molecule has 0 atom stereocenters. The fourth-order valence-electron chi connectivity index (χ4n) is 2.39. The Morgan fingerprint density at radius 3 is 2.96 bits per heavy atom. The summed E-state index contributed by atoms with van der Waals surface area (Å²) in [5, 5.41) is 14.5. The fraction of sp³-hybridized carbons (Fsp3) is 0.294. The zero-order valence-corrected chi connectivity index (χ0v) is 16.8. The molecule has 3 aromatic heterocycles. The standard InChI is InChI=1S/C17H18ClN5OS2/c1-3-7-23-16(12-8-11(2)25-9-12)21-22-17(23)26-10-14(24)20-13-5-4-6-19-15(13)18/h4-6,8-9H,3,7,10H2,1-2H3,(H,20,24). The molecule has 0 aliphatic carbocycles. The van der Waals surface area contributed by atoms with E-state index in [1.54, 1.807) is 29.7 Å². The number of hydrogen-bond acceptors (Lipinski definition) is 6. The SMILES string of the molecule is CCCn1c(SCC(=O)Nc2cccnc2Cl)nnc1-c1csc(C)c1. The minimum absolute atomic E-state index is 0.163. The molecule has 3 rings (SSSR count). The maximum Gasteiger partial charge on any atom is 0.234 e. The third kappa shape index (κ3) is 4.44. The predicted molar refractivity (Wildman–Crippen MR) is 107 cm³/mol. The van der Waals surface area contributed by atoms with Crippen LogP contribution in [0.15, 0.2) is 34.9 Å². The van der Waals surface area contributed by atoms with Gasteiger partial charge in [-0.25, -0.2) is 4.98 Å². The highest BCUT2D eigenvalue weighted by Gasteiger charge is 2.16. The van der Waals surface area contributed by atoms with Gasteiger partial charge in [-0.2, -0.15) is 0 Å². The smallest absolute Gasteiger partial charge is 0.234 e. The van der Waals surface area contributed by atoms with Crippen LogP contribution in [0.5, 0.6) is 0 Å². The monoisotopic (exact) mass is 407 g/mol. The molecule has 3 aromatic rings. The summed E-state index contributed by atoms with van der Waals surface area (Å²) in [4.78, 5) is 17.4. The van der Waals surface area contributed by atoms with E-state index in [0.717, 1.165) is 29.5 Å². The molecule has 0 radical (unpaired) electrons. The first kappa shape index (κ1) is 18.9. The van der Waals surface area contributed by atoms with Crippen LogP contribution < -0.4 is 5.32 Å². The lowest BCUT2D eigenvalue weighted by Crippen LogP contribution is -2.15. The number of halogens is 1. The van der Waals surface area contributed by atoms with Gasteiger partial charge in [-0.1, -0.05) is 30.3 Å². The van der Waals surface area contributed by atoms with Gasteiger partial charge in [-0.15, -0.1) is 21.5 Å². The van der Waals surface area contributed by atoms with Crippen molar-refractivity contribution in [1.29, 1.82) is 0 Å². The molecule has 0 aliphatic heterocycles. The van der Waals surface area contributed by atoms with Crippen molar-refractivity contribution in [3.8, 4) is 11.4 Å². The van der Waals surface area contributed by atoms with E-state index in [4.69, 9.17) is 11.6 Å². The number of thiophene rings is 1. The number of rotatable bonds is 7. The molecular formula is C17H18ClN5OS2. The van der Waals surface area contributed by atoms with E-state index in [0.29, 0.717) is 5.69 Å². The molecule has 0 spiro atoms. The zero-order valence-electron chi connectivity index (χ0n) is 14.4. The second kappa shape index (κ2) is 8.66. The number of nitrogens with zero attached hydrogens (tertiary/aromatic N) is 4. The molecular weight excluding hydrogens is 390 g/mol. The van der Waals surface area contributed by atoms with Crippen molar-refractivity contribution in [1.82, 2.24) is 19.7 Å². The largest absolute Gasteiger partial charge is 0.323 e. The van der Waals surface area contributed by atoms with Gasteiger partial charge in [-0.05, 0) is 31.5 Å². The van der Waals surface area contributed by atoms with E-state index >= 15 is 0 Å². The molecule has 9 heteroatoms. The molecule has 6 nitrogen and oxygen atoms in total. The van der Waals surface area contributed by atoms with Crippen molar-refractivity contribution in [2.24, 2.45) is 0 Å². The van der Waals surface area contributed by atoms with E-state index in [1.165, 1.54) is 16.6 Å². The minimum atomic E-state index is -0.163. The van der Waals surface area contributed by atoms with Crippen LogP contribution in [0.25, 0.3) is 11.4 Å². The molecule has 0 aromatic carbocycles. The van der Waals surface area contributed by atoms with Crippen LogP contribution in [0.2, 0.25) is 5.15 Å². The number of carbonyl (C=O) groups excluding carboxylic acids is 1. The molecule has 0 aliphatic rings. The van der Waals surface area contributed by atoms with Crippen molar-refractivity contribution in [2.75, 3.05) is 11.1 Å². The molecule has 0 bridgehead atoms. The number of amides is 1. The topological polar surface area (TPSA) is 72.7 Å². The number of aromatic nitrogens is 4. The van der Waals surface area contributed by atoms with Crippen molar-refractivity contribution in [3.05, 3.63) is 39.8 Å². The highest BCUT2D eigenvalue weighted by atomic mass is 35.5. The highest BCUT2D eigenvalue weighted by molar-refractivity contribution is 7.99. The number of nitrogens with one attached hydrogen (secondary N) is 1. The Hall–Kier alpha value is -1.90. The van der Waals surface area contributed by atoms with Crippen molar-refractivity contribution >= 4 is 46.3 Å². The number of thioether (sulfide) groups is 1. The molecule has 0 saturated heterocycles. The predicted octanol–water partition coefficient (Wildman–Crippen LogP) is 4.50. The summed E-state index contributed by atoms with van der Waals surface area (Å²) >= 11 is 9.01. The Morgan fingerprint density at radius 2 is 2.27 bits per heavy atom. The molecule has 1 N–H and O–H groups in total. The van der Waals surface area contributed by atoms with Crippen molar-refractivity contribution in [3.63, 3.8) is 0 Å². The summed E-state index contributed by atoms with van der Waals surface area (Å²) in [5.41, 5.74) is 1.57. The quantitative estimate of drug-likeness (QED) is 0.461. The van der Waals surface area contributed by atoms with E-state index in [9.17, 15) is 4.79 Å². The first-order chi connectivity index (χ1) is 12.6. The van der Waals surface area contributed by atoms with Gasteiger partial charge in [0.15, 0.2) is 16.1 Å². The Labute approximate surface area is 165 Å². The maximum absolute atomic E-state index is 12.2. The van der Waals surface area contributed by atoms with Gasteiger partial charge in [-0.3, -0.25) is 4.79 Å². The first-order valence-corrected chi connectivity index (χ1v) is 10.3.